The summed E-state index contributed by atoms with van der Waals surface area (Å²) in [5.74, 6) is -0.0891. The summed E-state index contributed by atoms with van der Waals surface area (Å²) in [5, 5.41) is 6.05. The summed E-state index contributed by atoms with van der Waals surface area (Å²) >= 11 is 0. The van der Waals surface area contributed by atoms with Crippen molar-refractivity contribution in [1.82, 2.24) is 5.32 Å². The van der Waals surface area contributed by atoms with Crippen LogP contribution < -0.4 is 10.6 Å². The van der Waals surface area contributed by atoms with E-state index in [0.717, 1.165) is 5.69 Å². The average Bonchev–Trinajstić information content (AvgIpc) is 2.43. The van der Waals surface area contributed by atoms with Crippen molar-refractivity contribution < 1.29 is 9.53 Å². The molecule has 0 fully saturated rings. The molecule has 0 bridgehead atoms. The van der Waals surface area contributed by atoms with Gasteiger partial charge in [-0.15, -0.1) is 6.58 Å². The zero-order chi connectivity index (χ0) is 14.1. The van der Waals surface area contributed by atoms with Gasteiger partial charge < -0.3 is 15.4 Å². The van der Waals surface area contributed by atoms with Gasteiger partial charge in [0, 0.05) is 30.4 Å². The van der Waals surface area contributed by atoms with E-state index in [4.69, 9.17) is 4.74 Å². The average molecular weight is 262 g/mol. The summed E-state index contributed by atoms with van der Waals surface area (Å²) in [6.45, 7) is 9.45. The van der Waals surface area contributed by atoms with Crippen molar-refractivity contribution in [2.24, 2.45) is 0 Å². The third-order valence-corrected chi connectivity index (χ3v) is 2.54. The SMILES string of the molecule is C=CCNC(=O)c1ccc(NC(C)COCC)cc1. The predicted molar refractivity (Wildman–Crippen MR) is 78.5 cm³/mol. The van der Waals surface area contributed by atoms with Gasteiger partial charge in [0.2, 0.25) is 0 Å². The number of amides is 1. The summed E-state index contributed by atoms with van der Waals surface area (Å²) in [6, 6.07) is 7.62. The molecule has 0 heterocycles. The molecule has 0 aliphatic heterocycles. The lowest BCUT2D eigenvalue weighted by atomic mass is 10.2. The Morgan fingerprint density at radius 1 is 1.42 bits per heavy atom. The highest BCUT2D eigenvalue weighted by atomic mass is 16.5. The number of nitrogens with one attached hydrogen (secondary N) is 2. The van der Waals surface area contributed by atoms with Gasteiger partial charge in [0.15, 0.2) is 0 Å². The molecule has 2 N–H and O–H groups in total. The van der Waals surface area contributed by atoms with Crippen LogP contribution in [0.15, 0.2) is 36.9 Å². The Morgan fingerprint density at radius 3 is 2.68 bits per heavy atom. The molecule has 0 aliphatic rings. The minimum atomic E-state index is -0.0891. The third-order valence-electron chi connectivity index (χ3n) is 2.54. The molecule has 1 aromatic rings. The molecule has 1 aromatic carbocycles. The van der Waals surface area contributed by atoms with Crippen molar-refractivity contribution in [3.8, 4) is 0 Å². The summed E-state index contributed by atoms with van der Waals surface area (Å²) in [5.41, 5.74) is 1.62. The number of hydrogen-bond donors (Lipinski definition) is 2. The van der Waals surface area contributed by atoms with E-state index >= 15 is 0 Å². The fourth-order valence-corrected chi connectivity index (χ4v) is 1.61. The van der Waals surface area contributed by atoms with E-state index in [2.05, 4.69) is 24.1 Å². The second-order valence-electron chi connectivity index (χ2n) is 4.28. The summed E-state index contributed by atoms with van der Waals surface area (Å²) in [6.07, 6.45) is 1.66. The molecule has 0 saturated heterocycles. The minimum Gasteiger partial charge on any atom is -0.380 e. The van der Waals surface area contributed by atoms with E-state index in [1.165, 1.54) is 0 Å². The molecule has 0 aromatic heterocycles. The number of ether oxygens (including phenoxy) is 1. The van der Waals surface area contributed by atoms with E-state index in [1.54, 1.807) is 18.2 Å². The van der Waals surface area contributed by atoms with Gasteiger partial charge in [-0.25, -0.2) is 0 Å². The molecule has 0 radical (unpaired) electrons. The van der Waals surface area contributed by atoms with Crippen LogP contribution in [-0.2, 0) is 4.74 Å². The van der Waals surface area contributed by atoms with Gasteiger partial charge in [0.1, 0.15) is 0 Å². The first kappa shape index (κ1) is 15.2. The molecule has 0 saturated carbocycles. The van der Waals surface area contributed by atoms with Crippen LogP contribution in [0.2, 0.25) is 0 Å². The normalized spacial score (nSPS) is 11.7. The molecule has 0 aliphatic carbocycles. The van der Waals surface area contributed by atoms with Gasteiger partial charge in [-0.1, -0.05) is 6.08 Å². The van der Waals surface area contributed by atoms with E-state index in [9.17, 15) is 4.79 Å². The summed E-state index contributed by atoms with van der Waals surface area (Å²) in [7, 11) is 0. The van der Waals surface area contributed by atoms with Gasteiger partial charge in [0.05, 0.1) is 6.61 Å². The Labute approximate surface area is 114 Å². The molecule has 1 amide bonds. The first-order valence-electron chi connectivity index (χ1n) is 6.50. The van der Waals surface area contributed by atoms with Crippen LogP contribution in [0.4, 0.5) is 5.69 Å². The highest BCUT2D eigenvalue weighted by Crippen LogP contribution is 2.11. The number of benzene rings is 1. The van der Waals surface area contributed by atoms with Gasteiger partial charge in [-0.05, 0) is 38.1 Å². The van der Waals surface area contributed by atoms with E-state index in [-0.39, 0.29) is 11.9 Å². The molecule has 4 nitrogen and oxygen atoms in total. The highest BCUT2D eigenvalue weighted by Gasteiger charge is 2.05. The lowest BCUT2D eigenvalue weighted by Gasteiger charge is -2.15. The number of rotatable bonds is 8. The second-order valence-corrected chi connectivity index (χ2v) is 4.28. The van der Waals surface area contributed by atoms with Crippen LogP contribution in [0.3, 0.4) is 0 Å². The Bertz CT molecular complexity index is 401. The molecule has 1 rings (SSSR count). The van der Waals surface area contributed by atoms with Crippen LogP contribution >= 0.6 is 0 Å². The number of carbonyl (C=O) groups is 1. The third kappa shape index (κ3) is 5.57. The topological polar surface area (TPSA) is 50.4 Å². The van der Waals surface area contributed by atoms with Gasteiger partial charge in [-0.2, -0.15) is 0 Å². The number of hydrogen-bond acceptors (Lipinski definition) is 3. The van der Waals surface area contributed by atoms with Crippen LogP contribution in [-0.4, -0.2) is 31.7 Å². The Balaban J connectivity index is 2.51. The fourth-order valence-electron chi connectivity index (χ4n) is 1.61. The molecule has 4 heteroatoms. The predicted octanol–water partition coefficient (Wildman–Crippen LogP) is 2.44. The van der Waals surface area contributed by atoms with Gasteiger partial charge in [-0.3, -0.25) is 4.79 Å². The first-order valence-corrected chi connectivity index (χ1v) is 6.50. The minimum absolute atomic E-state index is 0.0891. The molecule has 1 atom stereocenters. The lowest BCUT2D eigenvalue weighted by molar-refractivity contribution is 0.0958. The quantitative estimate of drug-likeness (QED) is 0.707. The van der Waals surface area contributed by atoms with Crippen molar-refractivity contribution in [3.63, 3.8) is 0 Å². The molecule has 19 heavy (non-hydrogen) atoms. The van der Waals surface area contributed by atoms with Crippen molar-refractivity contribution in [2.45, 2.75) is 19.9 Å². The van der Waals surface area contributed by atoms with Crippen molar-refractivity contribution in [2.75, 3.05) is 25.1 Å². The second kappa shape index (κ2) is 8.32. The molecular formula is C15H22N2O2. The van der Waals surface area contributed by atoms with Crippen LogP contribution in [0.25, 0.3) is 0 Å². The first-order chi connectivity index (χ1) is 9.17. The van der Waals surface area contributed by atoms with Crippen molar-refractivity contribution in [1.29, 1.82) is 0 Å². The standard InChI is InChI=1S/C15H22N2O2/c1-4-10-16-15(18)13-6-8-14(9-7-13)17-12(3)11-19-5-2/h4,6-9,12,17H,1,5,10-11H2,2-3H3,(H,16,18). The highest BCUT2D eigenvalue weighted by molar-refractivity contribution is 5.94. The van der Waals surface area contributed by atoms with Gasteiger partial charge >= 0.3 is 0 Å². The van der Waals surface area contributed by atoms with E-state index < -0.39 is 0 Å². The molecule has 1 unspecified atom stereocenters. The van der Waals surface area contributed by atoms with Crippen LogP contribution in [0.5, 0.6) is 0 Å². The zero-order valence-corrected chi connectivity index (χ0v) is 11.6. The smallest absolute Gasteiger partial charge is 0.251 e. The monoisotopic (exact) mass is 262 g/mol. The maximum atomic E-state index is 11.7. The molecule has 0 spiro atoms. The summed E-state index contributed by atoms with van der Waals surface area (Å²) < 4.78 is 5.34. The number of anilines is 1. The van der Waals surface area contributed by atoms with E-state index in [1.807, 2.05) is 19.1 Å². The van der Waals surface area contributed by atoms with Crippen LogP contribution in [0.1, 0.15) is 24.2 Å². The fraction of sp³-hybridized carbons (Fsp3) is 0.400. The Kier molecular flexibility index (Phi) is 6.68. The maximum Gasteiger partial charge on any atom is 0.251 e. The molecule has 104 valence electrons. The Morgan fingerprint density at radius 2 is 2.11 bits per heavy atom. The maximum absolute atomic E-state index is 11.7. The summed E-state index contributed by atoms with van der Waals surface area (Å²) in [4.78, 5) is 11.7. The largest absolute Gasteiger partial charge is 0.380 e. The van der Waals surface area contributed by atoms with Crippen molar-refractivity contribution >= 4 is 11.6 Å². The molecular weight excluding hydrogens is 240 g/mol. The number of carbonyl (C=O) groups excluding carboxylic acids is 1. The van der Waals surface area contributed by atoms with E-state index in [0.29, 0.717) is 25.3 Å². The lowest BCUT2D eigenvalue weighted by Crippen LogP contribution is -2.23. The van der Waals surface area contributed by atoms with Crippen molar-refractivity contribution in [3.05, 3.63) is 42.5 Å². The van der Waals surface area contributed by atoms with Gasteiger partial charge in [0.25, 0.3) is 5.91 Å². The Hall–Kier alpha value is -1.81. The van der Waals surface area contributed by atoms with Crippen LogP contribution in [0, 0.1) is 0 Å². The zero-order valence-electron chi connectivity index (χ0n) is 11.6.